The number of nitrogens with zero attached hydrogens (tertiary/aromatic N) is 2. The van der Waals surface area contributed by atoms with Crippen molar-refractivity contribution < 1.29 is 19.4 Å². The summed E-state index contributed by atoms with van der Waals surface area (Å²) in [4.78, 5) is 20.5. The number of rotatable bonds is 8. The minimum atomic E-state index is -0.420. The van der Waals surface area contributed by atoms with Crippen LogP contribution in [0.4, 0.5) is 4.79 Å². The van der Waals surface area contributed by atoms with Gasteiger partial charge in [0.15, 0.2) is 0 Å². The van der Waals surface area contributed by atoms with E-state index in [0.717, 1.165) is 81.6 Å². The van der Waals surface area contributed by atoms with Gasteiger partial charge in [-0.15, -0.1) is 0 Å². The van der Waals surface area contributed by atoms with Crippen LogP contribution in [0.3, 0.4) is 0 Å². The van der Waals surface area contributed by atoms with Crippen LogP contribution >= 0.6 is 0 Å². The molecule has 0 spiro atoms. The van der Waals surface area contributed by atoms with E-state index in [4.69, 9.17) is 9.47 Å². The predicted molar refractivity (Wildman–Crippen MR) is 129 cm³/mol. The molecule has 2 aliphatic heterocycles. The van der Waals surface area contributed by atoms with Gasteiger partial charge < -0.3 is 34.7 Å². The molecule has 3 heterocycles. The number of hydrogen-bond donors (Lipinski definition) is 3. The van der Waals surface area contributed by atoms with E-state index in [9.17, 15) is 9.90 Å². The average molecular weight is 459 g/mol. The first kappa shape index (κ1) is 23.9. The number of benzene rings is 1. The third-order valence-corrected chi connectivity index (χ3v) is 6.57. The second kappa shape index (κ2) is 11.2. The molecule has 182 valence electrons. The molecule has 33 heavy (non-hydrogen) atoms. The quantitative estimate of drug-likeness (QED) is 0.563. The summed E-state index contributed by atoms with van der Waals surface area (Å²) in [6.07, 6.45) is 3.08. The molecule has 3 N–H and O–H groups in total. The largest absolute Gasteiger partial charge is 0.493 e. The summed E-state index contributed by atoms with van der Waals surface area (Å²) in [6, 6.07) is 7.77. The average Bonchev–Trinajstić information content (AvgIpc) is 3.21. The molecule has 8 heteroatoms. The lowest BCUT2D eigenvalue weighted by Crippen LogP contribution is -2.47. The van der Waals surface area contributed by atoms with Gasteiger partial charge in [0.25, 0.3) is 0 Å². The van der Waals surface area contributed by atoms with Crippen LogP contribution in [0.2, 0.25) is 0 Å². The van der Waals surface area contributed by atoms with Gasteiger partial charge in [-0.25, -0.2) is 4.79 Å². The van der Waals surface area contributed by atoms with Crippen LogP contribution in [0.15, 0.2) is 24.3 Å². The number of ether oxygens (including phenoxy) is 2. The third-order valence-electron chi connectivity index (χ3n) is 6.57. The van der Waals surface area contributed by atoms with Crippen LogP contribution in [0.25, 0.3) is 10.9 Å². The fourth-order valence-corrected chi connectivity index (χ4v) is 4.56. The van der Waals surface area contributed by atoms with Gasteiger partial charge >= 0.3 is 6.09 Å². The van der Waals surface area contributed by atoms with Gasteiger partial charge in [-0.2, -0.15) is 0 Å². The highest BCUT2D eigenvalue weighted by atomic mass is 16.6. The monoisotopic (exact) mass is 458 g/mol. The minimum Gasteiger partial charge on any atom is -0.493 e. The molecule has 0 atom stereocenters. The van der Waals surface area contributed by atoms with Gasteiger partial charge in [-0.05, 0) is 43.7 Å². The molecular formula is C25H38N4O4. The molecule has 0 aliphatic carbocycles. The Morgan fingerprint density at radius 1 is 1.12 bits per heavy atom. The van der Waals surface area contributed by atoms with Gasteiger partial charge in [0.2, 0.25) is 5.88 Å². The maximum Gasteiger partial charge on any atom is 0.414 e. The number of piperidine rings is 2. The number of hydrogen-bond acceptors (Lipinski definition) is 6. The number of aromatic nitrogens is 1. The molecule has 8 nitrogen and oxygen atoms in total. The first-order valence-corrected chi connectivity index (χ1v) is 12.3. The number of carbonyl (C=O) groups is 1. The van der Waals surface area contributed by atoms with Crippen molar-refractivity contribution in [3.8, 4) is 11.6 Å². The number of carbonyl (C=O) groups excluding carboxylic acids is 1. The van der Waals surface area contributed by atoms with Gasteiger partial charge in [0, 0.05) is 56.8 Å². The fraction of sp³-hybridized carbons (Fsp3) is 0.640. The van der Waals surface area contributed by atoms with Crippen LogP contribution in [0, 0.1) is 5.92 Å². The second-order valence-corrected chi connectivity index (χ2v) is 9.78. The Labute approximate surface area is 196 Å². The molecule has 0 bridgehead atoms. The van der Waals surface area contributed by atoms with Crippen LogP contribution in [-0.4, -0.2) is 84.0 Å². The summed E-state index contributed by atoms with van der Waals surface area (Å²) >= 11 is 0. The third kappa shape index (κ3) is 6.85. The van der Waals surface area contributed by atoms with E-state index >= 15 is 0 Å². The Balaban J connectivity index is 1.20. The van der Waals surface area contributed by atoms with Crippen molar-refractivity contribution in [1.82, 2.24) is 20.1 Å². The van der Waals surface area contributed by atoms with Crippen LogP contribution in [-0.2, 0) is 0 Å². The van der Waals surface area contributed by atoms with Crippen molar-refractivity contribution >= 4 is 17.0 Å². The maximum absolute atomic E-state index is 12.5. The van der Waals surface area contributed by atoms with Crippen molar-refractivity contribution in [2.75, 3.05) is 45.9 Å². The van der Waals surface area contributed by atoms with Crippen molar-refractivity contribution in [3.05, 3.63) is 24.3 Å². The first-order valence-electron chi connectivity index (χ1n) is 12.3. The molecule has 1 aromatic carbocycles. The van der Waals surface area contributed by atoms with E-state index in [1.54, 1.807) is 0 Å². The zero-order chi connectivity index (χ0) is 23.2. The lowest BCUT2D eigenvalue weighted by molar-refractivity contribution is 0.0739. The second-order valence-electron chi connectivity index (χ2n) is 9.78. The summed E-state index contributed by atoms with van der Waals surface area (Å²) in [5.74, 6) is 1.65. The highest BCUT2D eigenvalue weighted by molar-refractivity contribution is 5.88. The van der Waals surface area contributed by atoms with Crippen LogP contribution in [0.1, 0.15) is 39.5 Å². The van der Waals surface area contributed by atoms with Crippen molar-refractivity contribution in [2.45, 2.75) is 51.7 Å². The first-order chi connectivity index (χ1) is 16.0. The van der Waals surface area contributed by atoms with Crippen molar-refractivity contribution in [3.63, 3.8) is 0 Å². The highest BCUT2D eigenvalue weighted by Crippen LogP contribution is 2.29. The maximum atomic E-state index is 12.5. The normalized spacial score (nSPS) is 19.3. The van der Waals surface area contributed by atoms with E-state index in [0.29, 0.717) is 18.4 Å². The molecule has 2 saturated heterocycles. The van der Waals surface area contributed by atoms with Gasteiger partial charge in [-0.1, -0.05) is 19.9 Å². The van der Waals surface area contributed by atoms with Crippen molar-refractivity contribution in [2.24, 2.45) is 5.92 Å². The summed E-state index contributed by atoms with van der Waals surface area (Å²) in [6.45, 7) is 10.9. The Morgan fingerprint density at radius 3 is 2.45 bits per heavy atom. The minimum absolute atomic E-state index is 0.118. The number of nitrogens with one attached hydrogen (secondary N) is 2. The summed E-state index contributed by atoms with van der Waals surface area (Å²) in [5, 5.41) is 13.6. The molecule has 1 aromatic heterocycles. The van der Waals surface area contributed by atoms with E-state index in [-0.39, 0.29) is 12.1 Å². The number of aliphatic hydroxyl groups excluding tert-OH is 1. The Kier molecular flexibility index (Phi) is 8.11. The van der Waals surface area contributed by atoms with Gasteiger partial charge in [0.1, 0.15) is 5.75 Å². The molecule has 4 rings (SSSR count). The van der Waals surface area contributed by atoms with E-state index < -0.39 is 6.09 Å². The summed E-state index contributed by atoms with van der Waals surface area (Å²) < 4.78 is 11.4. The SMILES string of the molecule is CC(C)COc1cccc2[nH]c(OC(=O)NC3CCN(CCN4CCC(O)CC4)CC3)cc12. The number of amides is 1. The van der Waals surface area contributed by atoms with E-state index in [2.05, 4.69) is 33.9 Å². The Hall–Kier alpha value is -2.29. The molecule has 2 fully saturated rings. The number of likely N-dealkylation sites (tertiary alicyclic amines) is 2. The van der Waals surface area contributed by atoms with Crippen LogP contribution < -0.4 is 14.8 Å². The molecule has 0 unspecified atom stereocenters. The molecule has 2 aromatic rings. The number of aliphatic hydroxyl groups is 1. The van der Waals surface area contributed by atoms with Crippen LogP contribution in [0.5, 0.6) is 11.6 Å². The molecular weight excluding hydrogens is 420 g/mol. The summed E-state index contributed by atoms with van der Waals surface area (Å²) in [7, 11) is 0. The van der Waals surface area contributed by atoms with Gasteiger partial charge in [0.05, 0.1) is 18.2 Å². The zero-order valence-electron chi connectivity index (χ0n) is 19.9. The Morgan fingerprint density at radius 2 is 1.79 bits per heavy atom. The van der Waals surface area contributed by atoms with Crippen molar-refractivity contribution in [1.29, 1.82) is 0 Å². The number of fused-ring (bicyclic) bond motifs is 1. The lowest BCUT2D eigenvalue weighted by atomic mass is 10.1. The molecule has 0 saturated carbocycles. The Bertz CT molecular complexity index is 899. The molecule has 0 radical (unpaired) electrons. The number of aromatic amines is 1. The molecule has 2 aliphatic rings. The van der Waals surface area contributed by atoms with E-state index in [1.165, 1.54) is 0 Å². The zero-order valence-corrected chi connectivity index (χ0v) is 19.9. The predicted octanol–water partition coefficient (Wildman–Crippen LogP) is 3.21. The fourth-order valence-electron chi connectivity index (χ4n) is 4.56. The summed E-state index contributed by atoms with van der Waals surface area (Å²) in [5.41, 5.74) is 0.885. The van der Waals surface area contributed by atoms with Gasteiger partial charge in [-0.3, -0.25) is 0 Å². The van der Waals surface area contributed by atoms with E-state index in [1.807, 2.05) is 24.3 Å². The number of H-pyrrole nitrogens is 1. The molecule has 1 amide bonds. The lowest BCUT2D eigenvalue weighted by Gasteiger charge is -2.35. The highest BCUT2D eigenvalue weighted by Gasteiger charge is 2.23. The topological polar surface area (TPSA) is 90.1 Å². The smallest absolute Gasteiger partial charge is 0.414 e. The standard InChI is InChI=1S/C25H38N4O4/c1-18(2)17-32-23-5-3-4-22-21(23)16-24(27-22)33-25(31)26-19-6-10-28(11-7-19)14-15-29-12-8-20(30)9-13-29/h3-5,16,18-20,27,30H,6-15,17H2,1-2H3,(H,26,31).